The van der Waals surface area contributed by atoms with Crippen LogP contribution >= 0.6 is 21.6 Å². The number of hydrogen-bond donors (Lipinski definition) is 1. The fourth-order valence-electron chi connectivity index (χ4n) is 2.18. The van der Waals surface area contributed by atoms with Gasteiger partial charge in [0.05, 0.1) is 6.54 Å². The molecule has 1 aliphatic rings. The van der Waals surface area contributed by atoms with E-state index in [0.717, 1.165) is 17.4 Å². The Labute approximate surface area is 123 Å². The molecule has 1 fully saturated rings. The number of carbonyl (C=O) groups is 1. The Hall–Kier alpha value is -0.550. The van der Waals surface area contributed by atoms with Crippen molar-refractivity contribution in [3.63, 3.8) is 0 Å². The molecule has 1 N–H and O–H groups in total. The average molecular weight is 298 g/mol. The van der Waals surface area contributed by atoms with Crippen molar-refractivity contribution >= 4 is 27.5 Å². The summed E-state index contributed by atoms with van der Waals surface area (Å²) in [4.78, 5) is 11.7. The highest BCUT2D eigenvalue weighted by molar-refractivity contribution is 8.77. The Morgan fingerprint density at radius 1 is 1.53 bits per heavy atom. The lowest BCUT2D eigenvalue weighted by molar-refractivity contribution is -0.121. The van der Waals surface area contributed by atoms with Gasteiger partial charge in [0.2, 0.25) is 5.91 Å². The van der Waals surface area contributed by atoms with Crippen molar-refractivity contribution in [3.8, 4) is 0 Å². The molecular weight excluding hydrogens is 276 g/mol. The molecule has 1 amide bonds. The van der Waals surface area contributed by atoms with E-state index in [1.54, 1.807) is 0 Å². The van der Waals surface area contributed by atoms with Crippen LogP contribution in [-0.2, 0) is 18.4 Å². The maximum Gasteiger partial charge on any atom is 0.220 e. The molecule has 1 aromatic heterocycles. The van der Waals surface area contributed by atoms with Crippen LogP contribution in [0.25, 0.3) is 0 Å². The highest BCUT2D eigenvalue weighted by Gasteiger charge is 2.15. The number of rotatable bonds is 7. The standard InChI is InChI=1S/C14H22N2OS2/c1-16-9-4-5-12(16)11-15-14(17)7-3-2-6-13-8-10-18-19-13/h4-5,9,13H,2-3,6-8,10-11H2,1H3,(H,15,17). The first kappa shape index (κ1) is 14.9. The van der Waals surface area contributed by atoms with Crippen molar-refractivity contribution < 1.29 is 4.79 Å². The first-order chi connectivity index (χ1) is 9.25. The molecule has 0 bridgehead atoms. The average Bonchev–Trinajstić information content (AvgIpc) is 3.04. The van der Waals surface area contributed by atoms with E-state index < -0.39 is 0 Å². The lowest BCUT2D eigenvalue weighted by Crippen LogP contribution is -2.23. The lowest BCUT2D eigenvalue weighted by atomic mass is 10.1. The van der Waals surface area contributed by atoms with Crippen LogP contribution in [0, 0.1) is 0 Å². The quantitative estimate of drug-likeness (QED) is 0.619. The SMILES string of the molecule is Cn1cccc1CNC(=O)CCCCC1CCSS1. The topological polar surface area (TPSA) is 34.0 Å². The fraction of sp³-hybridized carbons (Fsp3) is 0.643. The van der Waals surface area contributed by atoms with Crippen molar-refractivity contribution in [2.75, 3.05) is 5.75 Å². The summed E-state index contributed by atoms with van der Waals surface area (Å²) in [5, 5.41) is 3.82. The zero-order valence-electron chi connectivity index (χ0n) is 11.4. The smallest absolute Gasteiger partial charge is 0.220 e. The molecule has 3 nitrogen and oxygen atoms in total. The maximum absolute atomic E-state index is 11.7. The molecule has 0 aromatic carbocycles. The van der Waals surface area contributed by atoms with Crippen molar-refractivity contribution in [3.05, 3.63) is 24.0 Å². The summed E-state index contributed by atoms with van der Waals surface area (Å²) in [6.07, 6.45) is 7.46. The van der Waals surface area contributed by atoms with Crippen LogP contribution in [0.1, 0.15) is 37.8 Å². The van der Waals surface area contributed by atoms with Crippen molar-refractivity contribution in [1.29, 1.82) is 0 Å². The summed E-state index contributed by atoms with van der Waals surface area (Å²) < 4.78 is 2.04. The van der Waals surface area contributed by atoms with E-state index in [4.69, 9.17) is 0 Å². The number of hydrogen-bond acceptors (Lipinski definition) is 3. The summed E-state index contributed by atoms with van der Waals surface area (Å²) in [6.45, 7) is 0.636. The zero-order chi connectivity index (χ0) is 13.5. The monoisotopic (exact) mass is 298 g/mol. The molecule has 1 atom stereocenters. The largest absolute Gasteiger partial charge is 0.353 e. The van der Waals surface area contributed by atoms with Gasteiger partial charge in [-0.15, -0.1) is 0 Å². The van der Waals surface area contributed by atoms with Gasteiger partial charge >= 0.3 is 0 Å². The summed E-state index contributed by atoms with van der Waals surface area (Å²) in [5.41, 5.74) is 1.15. The molecule has 2 rings (SSSR count). The molecule has 1 aliphatic heterocycles. The number of carbonyl (C=O) groups excluding carboxylic acids is 1. The Morgan fingerprint density at radius 3 is 3.11 bits per heavy atom. The normalized spacial score (nSPS) is 18.7. The minimum atomic E-state index is 0.176. The van der Waals surface area contributed by atoms with Crippen LogP contribution in [0.5, 0.6) is 0 Å². The van der Waals surface area contributed by atoms with Gasteiger partial charge in [-0.2, -0.15) is 0 Å². The predicted octanol–water partition coefficient (Wildman–Crippen LogP) is 3.36. The number of nitrogens with one attached hydrogen (secondary N) is 1. The first-order valence-electron chi connectivity index (χ1n) is 6.91. The Kier molecular flexibility index (Phi) is 6.17. The summed E-state index contributed by atoms with van der Waals surface area (Å²) in [7, 11) is 6.01. The second-order valence-electron chi connectivity index (χ2n) is 4.96. The van der Waals surface area contributed by atoms with Crippen LogP contribution in [0.3, 0.4) is 0 Å². The second-order valence-corrected chi connectivity index (χ2v) is 7.75. The van der Waals surface area contributed by atoms with E-state index >= 15 is 0 Å². The van der Waals surface area contributed by atoms with Crippen molar-refractivity contribution in [1.82, 2.24) is 9.88 Å². The van der Waals surface area contributed by atoms with E-state index in [0.29, 0.717) is 13.0 Å². The third-order valence-corrected chi connectivity index (χ3v) is 6.43. The number of amides is 1. The molecule has 1 aromatic rings. The van der Waals surface area contributed by atoms with Crippen LogP contribution in [0.4, 0.5) is 0 Å². The summed E-state index contributed by atoms with van der Waals surface area (Å²) in [6, 6.07) is 4.04. The van der Waals surface area contributed by atoms with Gasteiger partial charge in [-0.3, -0.25) is 4.79 Å². The predicted molar refractivity (Wildman–Crippen MR) is 84.2 cm³/mol. The number of nitrogens with zero attached hydrogens (tertiary/aromatic N) is 1. The Morgan fingerprint density at radius 2 is 2.42 bits per heavy atom. The second kappa shape index (κ2) is 7.90. The number of unbranched alkanes of at least 4 members (excludes halogenated alkanes) is 1. The third kappa shape index (κ3) is 5.15. The van der Waals surface area contributed by atoms with Gasteiger partial charge in [0.15, 0.2) is 0 Å². The van der Waals surface area contributed by atoms with Crippen LogP contribution in [0.2, 0.25) is 0 Å². The molecule has 106 valence electrons. The molecule has 2 heterocycles. The Balaban J connectivity index is 1.53. The van der Waals surface area contributed by atoms with Gasteiger partial charge in [-0.05, 0) is 31.4 Å². The molecule has 1 saturated heterocycles. The maximum atomic E-state index is 11.7. The molecular formula is C14H22N2OS2. The molecule has 5 heteroatoms. The lowest BCUT2D eigenvalue weighted by Gasteiger charge is -2.08. The number of aromatic nitrogens is 1. The third-order valence-electron chi connectivity index (χ3n) is 3.43. The minimum absolute atomic E-state index is 0.176. The summed E-state index contributed by atoms with van der Waals surface area (Å²) in [5.74, 6) is 1.47. The van der Waals surface area contributed by atoms with Gasteiger partial charge in [-0.1, -0.05) is 28.0 Å². The van der Waals surface area contributed by atoms with E-state index in [-0.39, 0.29) is 5.91 Å². The Bertz CT molecular complexity index is 400. The fourth-order valence-corrected chi connectivity index (χ4v) is 5.21. The van der Waals surface area contributed by atoms with Gasteiger partial charge in [-0.25, -0.2) is 0 Å². The van der Waals surface area contributed by atoms with Crippen molar-refractivity contribution in [2.45, 2.75) is 43.9 Å². The van der Waals surface area contributed by atoms with Crippen LogP contribution < -0.4 is 5.32 Å². The highest BCUT2D eigenvalue weighted by Crippen LogP contribution is 2.39. The molecule has 19 heavy (non-hydrogen) atoms. The molecule has 0 radical (unpaired) electrons. The zero-order valence-corrected chi connectivity index (χ0v) is 13.1. The molecule has 0 aliphatic carbocycles. The van der Waals surface area contributed by atoms with E-state index in [2.05, 4.69) is 5.32 Å². The van der Waals surface area contributed by atoms with Crippen molar-refractivity contribution in [2.24, 2.45) is 7.05 Å². The van der Waals surface area contributed by atoms with Gasteiger partial charge in [0.1, 0.15) is 0 Å². The van der Waals surface area contributed by atoms with E-state index in [1.165, 1.54) is 25.0 Å². The molecule has 1 unspecified atom stereocenters. The van der Waals surface area contributed by atoms with E-state index in [9.17, 15) is 4.79 Å². The molecule has 0 saturated carbocycles. The number of aryl methyl sites for hydroxylation is 1. The first-order valence-corrected chi connectivity index (χ1v) is 9.29. The van der Waals surface area contributed by atoms with Crippen LogP contribution in [0.15, 0.2) is 18.3 Å². The molecule has 0 spiro atoms. The van der Waals surface area contributed by atoms with Crippen LogP contribution in [-0.4, -0.2) is 21.5 Å². The highest BCUT2D eigenvalue weighted by atomic mass is 33.1. The van der Waals surface area contributed by atoms with E-state index in [1.807, 2.05) is 51.5 Å². The summed E-state index contributed by atoms with van der Waals surface area (Å²) >= 11 is 0. The van der Waals surface area contributed by atoms with Gasteiger partial charge in [0, 0.05) is 36.4 Å². The van der Waals surface area contributed by atoms with Gasteiger partial charge in [0.25, 0.3) is 0 Å². The van der Waals surface area contributed by atoms with Gasteiger partial charge < -0.3 is 9.88 Å². The minimum Gasteiger partial charge on any atom is -0.353 e.